The number of aliphatic carboxylic acids is 2. The minimum absolute atomic E-state index is 0.000685. The number of aryl methyl sites for hydroxylation is 1. The number of carbonyl (C=O) groups is 3. The van der Waals surface area contributed by atoms with Gasteiger partial charge in [0.05, 0.1) is 0 Å². The number of ketones is 1. The monoisotopic (exact) mass is 431 g/mol. The van der Waals surface area contributed by atoms with Crippen LogP contribution in [-0.2, 0) is 20.8 Å². The van der Waals surface area contributed by atoms with Gasteiger partial charge in [0.25, 0.3) is 0 Å². The van der Waals surface area contributed by atoms with Gasteiger partial charge in [0, 0.05) is 24.0 Å². The summed E-state index contributed by atoms with van der Waals surface area (Å²) in [5.41, 5.74) is 1.43. The maximum Gasteiger partial charge on any atom is 0.328 e. The Hall–Kier alpha value is -2.47. The smallest absolute Gasteiger partial charge is 0.328 e. The summed E-state index contributed by atoms with van der Waals surface area (Å²) in [6, 6.07) is 10.7. The zero-order valence-electron chi connectivity index (χ0n) is 18.9. The molecule has 0 bridgehead atoms. The van der Waals surface area contributed by atoms with Crippen molar-refractivity contribution in [2.75, 3.05) is 19.6 Å². The molecule has 2 rings (SSSR count). The van der Waals surface area contributed by atoms with Gasteiger partial charge in [0.1, 0.15) is 5.78 Å². The highest BCUT2D eigenvalue weighted by Crippen LogP contribution is 2.38. The van der Waals surface area contributed by atoms with E-state index in [1.807, 2.05) is 0 Å². The fourth-order valence-electron chi connectivity index (χ4n) is 4.14. The van der Waals surface area contributed by atoms with Crippen LogP contribution in [0.15, 0.2) is 42.5 Å². The van der Waals surface area contributed by atoms with Gasteiger partial charge in [0.15, 0.2) is 0 Å². The third kappa shape index (κ3) is 10.4. The molecule has 6 nitrogen and oxygen atoms in total. The van der Waals surface area contributed by atoms with E-state index in [4.69, 9.17) is 10.2 Å². The molecule has 31 heavy (non-hydrogen) atoms. The number of piperidine rings is 1. The average molecular weight is 432 g/mol. The predicted octanol–water partition coefficient (Wildman–Crippen LogP) is 4.58. The van der Waals surface area contributed by atoms with E-state index in [0.29, 0.717) is 17.9 Å². The van der Waals surface area contributed by atoms with Crippen molar-refractivity contribution in [2.45, 2.75) is 65.2 Å². The third-order valence-electron chi connectivity index (χ3n) is 5.76. The topological polar surface area (TPSA) is 94.9 Å². The Kier molecular flexibility index (Phi) is 12.4. The van der Waals surface area contributed by atoms with Crippen molar-refractivity contribution in [3.63, 3.8) is 0 Å². The molecule has 172 valence electrons. The molecule has 0 aromatic heterocycles. The highest BCUT2D eigenvalue weighted by atomic mass is 16.4. The van der Waals surface area contributed by atoms with Crippen molar-refractivity contribution >= 4 is 17.7 Å². The number of carbonyl (C=O) groups excluding carboxylic acids is 1. The average Bonchev–Trinajstić information content (AvgIpc) is 2.75. The highest BCUT2D eigenvalue weighted by molar-refractivity contribution is 5.89. The van der Waals surface area contributed by atoms with Crippen molar-refractivity contribution in [3.8, 4) is 0 Å². The number of hydrogen-bond donors (Lipinski definition) is 2. The van der Waals surface area contributed by atoms with E-state index in [1.54, 1.807) is 0 Å². The van der Waals surface area contributed by atoms with Gasteiger partial charge >= 0.3 is 11.9 Å². The number of carboxylic acid groups (broad SMARTS) is 2. The molecule has 0 spiro atoms. The Morgan fingerprint density at radius 2 is 1.55 bits per heavy atom. The summed E-state index contributed by atoms with van der Waals surface area (Å²) in [5, 5.41) is 15.6. The minimum atomic E-state index is -1.26. The number of likely N-dealkylation sites (tertiary alicyclic amines) is 1. The molecule has 1 fully saturated rings. The van der Waals surface area contributed by atoms with E-state index in [1.165, 1.54) is 18.5 Å². The molecule has 0 aliphatic carbocycles. The Labute approximate surface area is 186 Å². The highest BCUT2D eigenvalue weighted by Gasteiger charge is 2.39. The zero-order valence-corrected chi connectivity index (χ0v) is 18.9. The van der Waals surface area contributed by atoms with Crippen LogP contribution >= 0.6 is 0 Å². The molecule has 6 heteroatoms. The number of benzene rings is 1. The molecule has 1 aliphatic rings. The summed E-state index contributed by atoms with van der Waals surface area (Å²) < 4.78 is 0. The third-order valence-corrected chi connectivity index (χ3v) is 5.76. The second-order valence-corrected chi connectivity index (χ2v) is 8.14. The normalized spacial score (nSPS) is 15.8. The molecule has 0 saturated carbocycles. The van der Waals surface area contributed by atoms with Crippen molar-refractivity contribution in [3.05, 3.63) is 48.0 Å². The Bertz CT molecular complexity index is 690. The summed E-state index contributed by atoms with van der Waals surface area (Å²) in [6.45, 7) is 7.71. The van der Waals surface area contributed by atoms with Crippen LogP contribution in [0, 0.1) is 5.41 Å². The van der Waals surface area contributed by atoms with Gasteiger partial charge in [-0.05, 0) is 63.7 Å². The largest absolute Gasteiger partial charge is 0.478 e. The van der Waals surface area contributed by atoms with Crippen molar-refractivity contribution in [1.82, 2.24) is 4.90 Å². The molecule has 1 aromatic carbocycles. The molecule has 1 aliphatic heterocycles. The van der Waals surface area contributed by atoms with Gasteiger partial charge < -0.3 is 15.1 Å². The number of carboxylic acids is 2. The lowest BCUT2D eigenvalue weighted by Gasteiger charge is -2.41. The number of hydrogen-bond acceptors (Lipinski definition) is 4. The molecule has 0 atom stereocenters. The second-order valence-electron chi connectivity index (χ2n) is 8.14. The van der Waals surface area contributed by atoms with Gasteiger partial charge in [-0.25, -0.2) is 9.59 Å². The molecular weight excluding hydrogens is 394 g/mol. The van der Waals surface area contributed by atoms with E-state index in [9.17, 15) is 14.4 Å². The minimum Gasteiger partial charge on any atom is -0.478 e. The van der Waals surface area contributed by atoms with Crippen LogP contribution in [0.1, 0.15) is 64.4 Å². The van der Waals surface area contributed by atoms with Gasteiger partial charge in [-0.1, -0.05) is 50.6 Å². The lowest BCUT2D eigenvalue weighted by Crippen LogP contribution is -2.44. The van der Waals surface area contributed by atoms with Gasteiger partial charge in [0.2, 0.25) is 0 Å². The quantitative estimate of drug-likeness (QED) is 0.498. The van der Waals surface area contributed by atoms with Crippen LogP contribution in [0.3, 0.4) is 0 Å². The van der Waals surface area contributed by atoms with E-state index in [2.05, 4.69) is 49.1 Å². The SMILES string of the molecule is CCCC(=O)C1(CCC)CCN(CCCc2ccccc2)CC1.O=C(O)C=CC(=O)O. The van der Waals surface area contributed by atoms with E-state index < -0.39 is 11.9 Å². The van der Waals surface area contributed by atoms with Crippen LogP contribution < -0.4 is 0 Å². The number of Topliss-reactive ketones (excluding diaryl/α,β-unsaturated/α-hetero) is 1. The van der Waals surface area contributed by atoms with Crippen LogP contribution in [0.5, 0.6) is 0 Å². The molecule has 0 radical (unpaired) electrons. The Morgan fingerprint density at radius 1 is 0.968 bits per heavy atom. The molecule has 0 unspecified atom stereocenters. The van der Waals surface area contributed by atoms with Crippen molar-refractivity contribution in [2.24, 2.45) is 5.41 Å². The molecule has 1 saturated heterocycles. The standard InChI is InChI=1S/C21H33NO.C4H4O4/c1-3-9-20(23)21(13-4-2)14-17-22(18-15-21)16-8-12-19-10-6-5-7-11-19;5-3(6)1-2-4(7)8/h5-7,10-11H,3-4,8-9,12-18H2,1-2H3;1-2H,(H,5,6)(H,7,8). The van der Waals surface area contributed by atoms with Crippen LogP contribution in [0.2, 0.25) is 0 Å². The summed E-state index contributed by atoms with van der Waals surface area (Å²) >= 11 is 0. The molecular formula is C25H37NO5. The molecule has 0 amide bonds. The summed E-state index contributed by atoms with van der Waals surface area (Å²) in [7, 11) is 0. The Morgan fingerprint density at radius 3 is 2.03 bits per heavy atom. The van der Waals surface area contributed by atoms with Crippen molar-refractivity contribution in [1.29, 1.82) is 0 Å². The number of nitrogens with zero attached hydrogens (tertiary/aromatic N) is 1. The molecule has 1 aromatic rings. The van der Waals surface area contributed by atoms with Crippen molar-refractivity contribution < 1.29 is 24.6 Å². The maximum atomic E-state index is 12.6. The van der Waals surface area contributed by atoms with Crippen LogP contribution in [-0.4, -0.2) is 52.5 Å². The van der Waals surface area contributed by atoms with E-state index in [0.717, 1.165) is 58.0 Å². The first kappa shape index (κ1) is 26.6. The zero-order chi connectivity index (χ0) is 23.1. The van der Waals surface area contributed by atoms with Crippen LogP contribution in [0.4, 0.5) is 0 Å². The maximum absolute atomic E-state index is 12.6. The molecule has 1 heterocycles. The summed E-state index contributed by atoms with van der Waals surface area (Å²) in [6.07, 6.45) is 9.62. The first-order valence-corrected chi connectivity index (χ1v) is 11.3. The predicted molar refractivity (Wildman–Crippen MR) is 122 cm³/mol. The van der Waals surface area contributed by atoms with Crippen LogP contribution in [0.25, 0.3) is 0 Å². The number of rotatable bonds is 11. The second kappa shape index (κ2) is 14.5. The van der Waals surface area contributed by atoms with Gasteiger partial charge in [-0.3, -0.25) is 4.79 Å². The van der Waals surface area contributed by atoms with E-state index >= 15 is 0 Å². The molecule has 2 N–H and O–H groups in total. The van der Waals surface area contributed by atoms with Gasteiger partial charge in [-0.2, -0.15) is 0 Å². The van der Waals surface area contributed by atoms with E-state index in [-0.39, 0.29) is 5.41 Å². The van der Waals surface area contributed by atoms with Gasteiger partial charge in [-0.15, -0.1) is 0 Å². The lowest BCUT2D eigenvalue weighted by molar-refractivity contribution is -0.134. The fraction of sp³-hybridized carbons (Fsp3) is 0.560. The fourth-order valence-corrected chi connectivity index (χ4v) is 4.14. The summed E-state index contributed by atoms with van der Waals surface area (Å²) in [4.78, 5) is 34.3. The lowest BCUT2D eigenvalue weighted by atomic mass is 9.70. The first-order valence-electron chi connectivity index (χ1n) is 11.3. The first-order chi connectivity index (χ1) is 14.8. The Balaban J connectivity index is 0.000000512. The summed E-state index contributed by atoms with van der Waals surface area (Å²) in [5.74, 6) is -1.98.